The van der Waals surface area contributed by atoms with Crippen LogP contribution < -0.4 is 5.56 Å². The molecule has 19 heavy (non-hydrogen) atoms. The van der Waals surface area contributed by atoms with E-state index in [-0.39, 0.29) is 5.56 Å². The molecule has 96 valence electrons. The molecule has 0 bridgehead atoms. The average Bonchev–Trinajstić information content (AvgIpc) is 2.84. The second kappa shape index (κ2) is 4.68. The van der Waals surface area contributed by atoms with Crippen molar-refractivity contribution in [1.82, 2.24) is 19.3 Å². The maximum Gasteiger partial charge on any atom is 0.274 e. The molecule has 0 saturated heterocycles. The summed E-state index contributed by atoms with van der Waals surface area (Å²) in [6.07, 6.45) is 6.07. The molecule has 0 N–H and O–H groups in total. The van der Waals surface area contributed by atoms with E-state index in [1.54, 1.807) is 12.4 Å². The number of imidazole rings is 1. The number of fused-ring (bicyclic) bond motifs is 1. The van der Waals surface area contributed by atoms with Crippen molar-refractivity contribution in [3.8, 4) is 0 Å². The molecule has 5 nitrogen and oxygen atoms in total. The Morgan fingerprint density at radius 1 is 1.26 bits per heavy atom. The van der Waals surface area contributed by atoms with Gasteiger partial charge in [-0.05, 0) is 6.07 Å². The van der Waals surface area contributed by atoms with Crippen molar-refractivity contribution < 1.29 is 0 Å². The minimum absolute atomic E-state index is 0.0488. The summed E-state index contributed by atoms with van der Waals surface area (Å²) in [5, 5.41) is 5.78. The maximum absolute atomic E-state index is 12.2. The fraction of sp³-hybridized carbons (Fsp3) is 0.214. The second-order valence-electron chi connectivity index (χ2n) is 4.46. The van der Waals surface area contributed by atoms with Crippen LogP contribution in [0, 0.1) is 0 Å². The molecule has 0 spiro atoms. The van der Waals surface area contributed by atoms with E-state index < -0.39 is 0 Å². The molecule has 0 radical (unpaired) electrons. The van der Waals surface area contributed by atoms with Gasteiger partial charge in [-0.2, -0.15) is 5.10 Å². The van der Waals surface area contributed by atoms with Gasteiger partial charge in [-0.3, -0.25) is 4.79 Å². The Kier molecular flexibility index (Phi) is 2.87. The predicted molar refractivity (Wildman–Crippen MR) is 72.9 cm³/mol. The first-order valence-electron chi connectivity index (χ1n) is 6.17. The van der Waals surface area contributed by atoms with Crippen LogP contribution in [-0.2, 0) is 20.0 Å². The van der Waals surface area contributed by atoms with Crippen LogP contribution in [0.4, 0.5) is 0 Å². The Bertz CT molecular complexity index is 772. The Hall–Kier alpha value is -2.43. The van der Waals surface area contributed by atoms with Crippen LogP contribution in [0.5, 0.6) is 0 Å². The lowest BCUT2D eigenvalue weighted by Gasteiger charge is -2.06. The van der Waals surface area contributed by atoms with E-state index in [1.165, 1.54) is 4.68 Å². The summed E-state index contributed by atoms with van der Waals surface area (Å²) in [7, 11) is 1.94. The summed E-state index contributed by atoms with van der Waals surface area (Å²) >= 11 is 0. The summed E-state index contributed by atoms with van der Waals surface area (Å²) in [6, 6.07) is 7.50. The Balaban J connectivity index is 1.92. The van der Waals surface area contributed by atoms with E-state index >= 15 is 0 Å². The van der Waals surface area contributed by atoms with Crippen LogP contribution in [-0.4, -0.2) is 19.3 Å². The fourth-order valence-electron chi connectivity index (χ4n) is 2.13. The minimum atomic E-state index is -0.0488. The van der Waals surface area contributed by atoms with Crippen molar-refractivity contribution in [2.75, 3.05) is 0 Å². The third kappa shape index (κ3) is 2.14. The highest BCUT2D eigenvalue weighted by molar-refractivity contribution is 5.80. The number of aromatic nitrogens is 4. The average molecular weight is 254 g/mol. The topological polar surface area (TPSA) is 52.7 Å². The summed E-state index contributed by atoms with van der Waals surface area (Å²) in [5.74, 6) is 0.946. The zero-order chi connectivity index (χ0) is 13.2. The number of nitrogens with zero attached hydrogens (tertiary/aromatic N) is 4. The highest BCUT2D eigenvalue weighted by atomic mass is 16.1. The van der Waals surface area contributed by atoms with Crippen LogP contribution in [0.1, 0.15) is 5.82 Å². The highest BCUT2D eigenvalue weighted by Gasteiger charge is 2.05. The number of hydrogen-bond donors (Lipinski definition) is 0. The molecule has 0 aliphatic carbocycles. The lowest BCUT2D eigenvalue weighted by molar-refractivity contribution is 0.564. The van der Waals surface area contributed by atoms with E-state index in [0.717, 1.165) is 11.2 Å². The number of aryl methyl sites for hydroxylation is 3. The van der Waals surface area contributed by atoms with Gasteiger partial charge < -0.3 is 4.57 Å². The molecule has 1 aromatic carbocycles. The third-order valence-electron chi connectivity index (χ3n) is 3.23. The molecular weight excluding hydrogens is 240 g/mol. The summed E-state index contributed by atoms with van der Waals surface area (Å²) < 4.78 is 3.45. The van der Waals surface area contributed by atoms with Gasteiger partial charge in [0, 0.05) is 31.2 Å². The summed E-state index contributed by atoms with van der Waals surface area (Å²) in [5.41, 5.74) is -0.0488. The first-order chi connectivity index (χ1) is 9.25. The first kappa shape index (κ1) is 11.6. The lowest BCUT2D eigenvalue weighted by Crippen LogP contribution is -2.24. The van der Waals surface area contributed by atoms with Crippen molar-refractivity contribution in [2.45, 2.75) is 13.0 Å². The molecular formula is C14H14N4O. The van der Waals surface area contributed by atoms with E-state index in [9.17, 15) is 4.79 Å². The van der Waals surface area contributed by atoms with Crippen molar-refractivity contribution in [2.24, 2.45) is 7.05 Å². The van der Waals surface area contributed by atoms with Gasteiger partial charge in [0.15, 0.2) is 0 Å². The van der Waals surface area contributed by atoms with Crippen LogP contribution in [0.2, 0.25) is 0 Å². The van der Waals surface area contributed by atoms with Gasteiger partial charge in [0.2, 0.25) is 0 Å². The van der Waals surface area contributed by atoms with Gasteiger partial charge >= 0.3 is 0 Å². The molecule has 0 atom stereocenters. The van der Waals surface area contributed by atoms with E-state index in [0.29, 0.717) is 18.4 Å². The van der Waals surface area contributed by atoms with Crippen LogP contribution in [0.15, 0.2) is 47.7 Å². The lowest BCUT2D eigenvalue weighted by atomic mass is 10.2. The summed E-state index contributed by atoms with van der Waals surface area (Å²) in [6.45, 7) is 0.536. The van der Waals surface area contributed by atoms with Gasteiger partial charge in [0.25, 0.3) is 5.56 Å². The van der Waals surface area contributed by atoms with Crippen molar-refractivity contribution in [3.63, 3.8) is 0 Å². The van der Waals surface area contributed by atoms with Crippen LogP contribution in [0.25, 0.3) is 10.8 Å². The van der Waals surface area contributed by atoms with Gasteiger partial charge in [0.1, 0.15) is 5.82 Å². The van der Waals surface area contributed by atoms with Crippen molar-refractivity contribution >= 4 is 10.8 Å². The number of hydrogen-bond acceptors (Lipinski definition) is 3. The van der Waals surface area contributed by atoms with Crippen molar-refractivity contribution in [3.05, 3.63) is 59.0 Å². The zero-order valence-electron chi connectivity index (χ0n) is 10.7. The maximum atomic E-state index is 12.2. The van der Waals surface area contributed by atoms with Crippen molar-refractivity contribution in [1.29, 1.82) is 0 Å². The van der Waals surface area contributed by atoms with Gasteiger partial charge in [-0.1, -0.05) is 18.2 Å². The van der Waals surface area contributed by atoms with Gasteiger partial charge in [-0.25, -0.2) is 9.67 Å². The molecule has 3 rings (SSSR count). The SMILES string of the molecule is Cn1ccnc1CCn1ncc2ccccc2c1=O. The summed E-state index contributed by atoms with van der Waals surface area (Å²) in [4.78, 5) is 16.5. The smallest absolute Gasteiger partial charge is 0.274 e. The molecule has 2 aromatic heterocycles. The zero-order valence-corrected chi connectivity index (χ0v) is 10.7. The van der Waals surface area contributed by atoms with E-state index in [2.05, 4.69) is 10.1 Å². The monoisotopic (exact) mass is 254 g/mol. The Labute approximate surface area is 110 Å². The standard InChI is InChI=1S/C14H14N4O/c1-17-9-7-15-13(17)6-8-18-14(19)12-5-3-2-4-11(12)10-16-18/h2-5,7,9-10H,6,8H2,1H3. The van der Waals surface area contributed by atoms with Crippen LogP contribution in [0.3, 0.4) is 0 Å². The third-order valence-corrected chi connectivity index (χ3v) is 3.23. The highest BCUT2D eigenvalue weighted by Crippen LogP contribution is 2.06. The van der Waals surface area contributed by atoms with E-state index in [1.807, 2.05) is 42.1 Å². The van der Waals surface area contributed by atoms with Crippen LogP contribution >= 0.6 is 0 Å². The van der Waals surface area contributed by atoms with E-state index in [4.69, 9.17) is 0 Å². The molecule has 0 aliphatic rings. The molecule has 0 fully saturated rings. The minimum Gasteiger partial charge on any atom is -0.338 e. The molecule has 2 heterocycles. The predicted octanol–water partition coefficient (Wildman–Crippen LogP) is 1.37. The van der Waals surface area contributed by atoms with Gasteiger partial charge in [0.05, 0.1) is 18.1 Å². The van der Waals surface area contributed by atoms with Gasteiger partial charge in [-0.15, -0.1) is 0 Å². The Morgan fingerprint density at radius 2 is 2.11 bits per heavy atom. The quantitative estimate of drug-likeness (QED) is 0.709. The first-order valence-corrected chi connectivity index (χ1v) is 6.17. The molecule has 0 amide bonds. The fourth-order valence-corrected chi connectivity index (χ4v) is 2.13. The Morgan fingerprint density at radius 3 is 2.89 bits per heavy atom. The molecule has 0 saturated carbocycles. The number of rotatable bonds is 3. The molecule has 0 aliphatic heterocycles. The molecule has 3 aromatic rings. The largest absolute Gasteiger partial charge is 0.338 e. The molecule has 5 heteroatoms. The normalized spacial score (nSPS) is 11.0. The number of benzene rings is 1. The molecule has 0 unspecified atom stereocenters. The second-order valence-corrected chi connectivity index (χ2v) is 4.46.